The first-order chi connectivity index (χ1) is 13.2. The van der Waals surface area contributed by atoms with Crippen molar-refractivity contribution in [1.29, 1.82) is 0 Å². The number of carbonyl (C=O) groups excluding carboxylic acids is 2. The van der Waals surface area contributed by atoms with Crippen molar-refractivity contribution < 1.29 is 23.5 Å². The highest BCUT2D eigenvalue weighted by Gasteiger charge is 2.20. The van der Waals surface area contributed by atoms with Crippen molar-refractivity contribution in [3.63, 3.8) is 0 Å². The van der Waals surface area contributed by atoms with Crippen LogP contribution in [0.2, 0.25) is 0 Å². The lowest BCUT2D eigenvalue weighted by Gasteiger charge is -2.23. The van der Waals surface area contributed by atoms with Gasteiger partial charge in [0.2, 0.25) is 24.5 Å². The van der Waals surface area contributed by atoms with Gasteiger partial charge in [0.05, 0.1) is 12.3 Å². The van der Waals surface area contributed by atoms with Crippen LogP contribution in [0.5, 0.6) is 11.5 Å². The Morgan fingerprint density at radius 2 is 1.96 bits per heavy atom. The van der Waals surface area contributed by atoms with Crippen LogP contribution in [0.3, 0.4) is 0 Å². The fourth-order valence-electron chi connectivity index (χ4n) is 2.41. The molecule has 0 saturated carbocycles. The quantitative estimate of drug-likeness (QED) is 0.725. The van der Waals surface area contributed by atoms with E-state index >= 15 is 0 Å². The molecule has 1 aromatic carbocycles. The van der Waals surface area contributed by atoms with Crippen LogP contribution in [-0.2, 0) is 9.59 Å². The van der Waals surface area contributed by atoms with E-state index in [4.69, 9.17) is 13.9 Å². The zero-order valence-corrected chi connectivity index (χ0v) is 17.0. The second kappa shape index (κ2) is 8.09. The molecule has 2 heterocycles. The van der Waals surface area contributed by atoms with Gasteiger partial charge in [-0.05, 0) is 39.0 Å². The fourth-order valence-corrected chi connectivity index (χ4v) is 3.11. The summed E-state index contributed by atoms with van der Waals surface area (Å²) in [6.07, 6.45) is 0. The van der Waals surface area contributed by atoms with Crippen LogP contribution in [0.15, 0.2) is 27.8 Å². The lowest BCUT2D eigenvalue weighted by atomic mass is 10.1. The molecule has 1 aliphatic rings. The topological polar surface area (TPSA) is 107 Å². The van der Waals surface area contributed by atoms with Gasteiger partial charge < -0.3 is 24.1 Å². The summed E-state index contributed by atoms with van der Waals surface area (Å²) < 4.78 is 16.2. The molecule has 2 aromatic rings. The molecule has 0 radical (unpaired) electrons. The molecule has 0 aliphatic carbocycles. The molecule has 0 fully saturated rings. The van der Waals surface area contributed by atoms with Gasteiger partial charge in [-0.1, -0.05) is 11.8 Å². The van der Waals surface area contributed by atoms with E-state index in [1.165, 1.54) is 4.90 Å². The van der Waals surface area contributed by atoms with Crippen LogP contribution in [0.25, 0.3) is 11.5 Å². The summed E-state index contributed by atoms with van der Waals surface area (Å²) in [7, 11) is 1.58. The third-order valence-corrected chi connectivity index (χ3v) is 4.47. The zero-order valence-electron chi connectivity index (χ0n) is 16.1. The van der Waals surface area contributed by atoms with Crippen molar-refractivity contribution in [2.75, 3.05) is 26.1 Å². The third kappa shape index (κ3) is 5.16. The number of nitrogens with one attached hydrogen (secondary N) is 1. The molecule has 0 saturated heterocycles. The summed E-state index contributed by atoms with van der Waals surface area (Å²) in [5.74, 6) is 1.28. The van der Waals surface area contributed by atoms with Crippen LogP contribution in [-0.4, -0.2) is 58.6 Å². The first-order valence-electron chi connectivity index (χ1n) is 8.62. The van der Waals surface area contributed by atoms with E-state index in [2.05, 4.69) is 15.5 Å². The van der Waals surface area contributed by atoms with Gasteiger partial charge in [-0.2, -0.15) is 0 Å². The van der Waals surface area contributed by atoms with Crippen molar-refractivity contribution >= 4 is 23.6 Å². The minimum absolute atomic E-state index is 0.0110. The summed E-state index contributed by atoms with van der Waals surface area (Å²) in [5, 5.41) is 11.0. The van der Waals surface area contributed by atoms with Crippen molar-refractivity contribution in [2.24, 2.45) is 0 Å². The molecule has 1 aromatic heterocycles. The number of amides is 2. The molecule has 0 unspecified atom stereocenters. The lowest BCUT2D eigenvalue weighted by molar-refractivity contribution is -0.133. The maximum absolute atomic E-state index is 12.2. The van der Waals surface area contributed by atoms with Crippen LogP contribution < -0.4 is 14.8 Å². The van der Waals surface area contributed by atoms with Crippen molar-refractivity contribution in [1.82, 2.24) is 20.4 Å². The molecule has 28 heavy (non-hydrogen) atoms. The minimum Gasteiger partial charge on any atom is -0.454 e. The highest BCUT2D eigenvalue weighted by atomic mass is 32.2. The largest absolute Gasteiger partial charge is 0.454 e. The first kappa shape index (κ1) is 20.0. The Labute approximate surface area is 166 Å². The Balaban J connectivity index is 1.52. The highest BCUT2D eigenvalue weighted by Crippen LogP contribution is 2.35. The fraction of sp³-hybridized carbons (Fsp3) is 0.444. The molecule has 0 spiro atoms. The lowest BCUT2D eigenvalue weighted by Crippen LogP contribution is -2.46. The average molecular weight is 406 g/mol. The second-order valence-electron chi connectivity index (χ2n) is 7.28. The first-order valence-corrected chi connectivity index (χ1v) is 9.61. The van der Waals surface area contributed by atoms with E-state index in [0.29, 0.717) is 23.0 Å². The Hall–Kier alpha value is -2.75. The van der Waals surface area contributed by atoms with Crippen molar-refractivity contribution in [3.8, 4) is 23.0 Å². The van der Waals surface area contributed by atoms with E-state index in [0.717, 1.165) is 11.8 Å². The number of aromatic nitrogens is 2. The number of carbonyl (C=O) groups is 2. The van der Waals surface area contributed by atoms with Gasteiger partial charge in [0, 0.05) is 18.2 Å². The molecular formula is C18H22N4O5S. The monoisotopic (exact) mass is 406 g/mol. The van der Waals surface area contributed by atoms with Crippen molar-refractivity contribution in [3.05, 3.63) is 18.2 Å². The summed E-state index contributed by atoms with van der Waals surface area (Å²) in [5.41, 5.74) is 0.357. The summed E-state index contributed by atoms with van der Waals surface area (Å²) >= 11 is 1.12. The SMILES string of the molecule is CN(CC(=O)NC(C)(C)C)C(=O)CSc1nnc(-c2ccc3c(c2)OCO3)o1. The van der Waals surface area contributed by atoms with Crippen LogP contribution in [0.1, 0.15) is 20.8 Å². The van der Waals surface area contributed by atoms with Gasteiger partial charge in [0.25, 0.3) is 5.22 Å². The smallest absolute Gasteiger partial charge is 0.277 e. The second-order valence-corrected chi connectivity index (χ2v) is 8.20. The molecule has 9 nitrogen and oxygen atoms in total. The highest BCUT2D eigenvalue weighted by molar-refractivity contribution is 7.99. The van der Waals surface area contributed by atoms with Gasteiger partial charge in [-0.25, -0.2) is 0 Å². The predicted octanol–water partition coefficient (Wildman–Crippen LogP) is 1.93. The number of fused-ring (bicyclic) bond motifs is 1. The predicted molar refractivity (Wildman–Crippen MR) is 102 cm³/mol. The van der Waals surface area contributed by atoms with Crippen LogP contribution in [0, 0.1) is 0 Å². The Kier molecular flexibility index (Phi) is 5.78. The number of thioether (sulfide) groups is 1. The average Bonchev–Trinajstić information content (AvgIpc) is 3.26. The van der Waals surface area contributed by atoms with Crippen molar-refractivity contribution in [2.45, 2.75) is 31.5 Å². The Bertz CT molecular complexity index is 877. The van der Waals surface area contributed by atoms with Gasteiger partial charge in [-0.3, -0.25) is 9.59 Å². The van der Waals surface area contributed by atoms with E-state index in [-0.39, 0.29) is 41.7 Å². The van der Waals surface area contributed by atoms with E-state index in [9.17, 15) is 9.59 Å². The van der Waals surface area contributed by atoms with Gasteiger partial charge in [0.15, 0.2) is 11.5 Å². The zero-order chi connectivity index (χ0) is 20.3. The van der Waals surface area contributed by atoms with E-state index in [1.54, 1.807) is 25.2 Å². The number of hydrogen-bond donors (Lipinski definition) is 1. The minimum atomic E-state index is -0.343. The summed E-state index contributed by atoms with van der Waals surface area (Å²) in [6, 6.07) is 5.33. The number of rotatable bonds is 6. The molecule has 10 heteroatoms. The third-order valence-electron chi connectivity index (χ3n) is 3.67. The Morgan fingerprint density at radius 3 is 2.71 bits per heavy atom. The number of likely N-dealkylation sites (N-methyl/N-ethyl adjacent to an activating group) is 1. The molecule has 0 atom stereocenters. The van der Waals surface area contributed by atoms with Gasteiger partial charge in [0.1, 0.15) is 0 Å². The molecule has 3 rings (SSSR count). The van der Waals surface area contributed by atoms with Gasteiger partial charge >= 0.3 is 0 Å². The van der Waals surface area contributed by atoms with Crippen LogP contribution >= 0.6 is 11.8 Å². The summed E-state index contributed by atoms with van der Waals surface area (Å²) in [6.45, 7) is 5.83. The molecule has 0 bridgehead atoms. The molecular weight excluding hydrogens is 384 g/mol. The van der Waals surface area contributed by atoms with Gasteiger partial charge in [-0.15, -0.1) is 10.2 Å². The van der Waals surface area contributed by atoms with E-state index < -0.39 is 0 Å². The number of hydrogen-bond acceptors (Lipinski definition) is 8. The molecule has 1 aliphatic heterocycles. The number of benzene rings is 1. The molecule has 150 valence electrons. The summed E-state index contributed by atoms with van der Waals surface area (Å²) in [4.78, 5) is 25.5. The van der Waals surface area contributed by atoms with Crippen LogP contribution in [0.4, 0.5) is 0 Å². The standard InChI is InChI=1S/C18H22N4O5S/c1-18(2,3)19-14(23)8-22(4)15(24)9-28-17-21-20-16(27-17)11-5-6-12-13(7-11)26-10-25-12/h5-7H,8-10H2,1-4H3,(H,19,23). The maximum atomic E-state index is 12.2. The Morgan fingerprint density at radius 1 is 1.21 bits per heavy atom. The molecule has 2 amide bonds. The number of ether oxygens (including phenoxy) is 2. The maximum Gasteiger partial charge on any atom is 0.277 e. The molecule has 1 N–H and O–H groups in total. The normalized spacial score (nSPS) is 12.7. The number of nitrogens with zero attached hydrogens (tertiary/aromatic N) is 3. The van der Waals surface area contributed by atoms with E-state index in [1.807, 2.05) is 20.8 Å².